The zero-order valence-corrected chi connectivity index (χ0v) is 21.7. The second kappa shape index (κ2) is 13.1. The Kier molecular flexibility index (Phi) is 9.32. The van der Waals surface area contributed by atoms with Crippen molar-refractivity contribution in [2.24, 2.45) is 0 Å². The molecule has 1 N–H and O–H groups in total. The van der Waals surface area contributed by atoms with Crippen molar-refractivity contribution < 1.29 is 28.2 Å². The molecule has 8 heteroatoms. The van der Waals surface area contributed by atoms with Crippen LogP contribution in [0.2, 0.25) is 0 Å². The minimum absolute atomic E-state index is 0.0316. The van der Waals surface area contributed by atoms with Crippen molar-refractivity contribution in [3.8, 4) is 11.5 Å². The van der Waals surface area contributed by atoms with Gasteiger partial charge in [0.1, 0.15) is 11.9 Å². The fraction of sp³-hybridized carbons (Fsp3) is 0.333. The number of carbonyl (C=O) groups is 2. The van der Waals surface area contributed by atoms with Crippen molar-refractivity contribution in [2.75, 3.05) is 27.4 Å². The summed E-state index contributed by atoms with van der Waals surface area (Å²) in [6.07, 6.45) is 1.84. The molecular formula is C30H33FN2O5. The first-order valence-corrected chi connectivity index (χ1v) is 12.7. The molecule has 200 valence electrons. The smallest absolute Gasteiger partial charge is 0.247 e. The van der Waals surface area contributed by atoms with Gasteiger partial charge < -0.3 is 24.4 Å². The average molecular weight is 521 g/mol. The van der Waals surface area contributed by atoms with Crippen molar-refractivity contribution in [2.45, 2.75) is 38.0 Å². The lowest BCUT2D eigenvalue weighted by molar-refractivity contribution is -0.141. The molecule has 2 amide bonds. The predicted octanol–water partition coefficient (Wildman–Crippen LogP) is 4.45. The van der Waals surface area contributed by atoms with Crippen LogP contribution in [0.1, 0.15) is 35.6 Å². The van der Waals surface area contributed by atoms with Crippen molar-refractivity contribution >= 4 is 11.8 Å². The van der Waals surface area contributed by atoms with E-state index < -0.39 is 6.04 Å². The average Bonchev–Trinajstić information content (AvgIpc) is 3.47. The van der Waals surface area contributed by atoms with Crippen LogP contribution in [0.4, 0.5) is 4.39 Å². The number of benzene rings is 3. The van der Waals surface area contributed by atoms with Gasteiger partial charge in [0, 0.05) is 19.7 Å². The Bertz CT molecular complexity index is 1210. The quantitative estimate of drug-likeness (QED) is 0.404. The lowest BCUT2D eigenvalue weighted by atomic mass is 10.0. The summed E-state index contributed by atoms with van der Waals surface area (Å²) in [6, 6.07) is 19.5. The summed E-state index contributed by atoms with van der Waals surface area (Å²) in [5.74, 6) is 0.141. The van der Waals surface area contributed by atoms with Gasteiger partial charge in [-0.05, 0) is 53.8 Å². The van der Waals surface area contributed by atoms with Gasteiger partial charge in [0.15, 0.2) is 11.5 Å². The van der Waals surface area contributed by atoms with Crippen LogP contribution in [0.25, 0.3) is 0 Å². The number of amides is 2. The van der Waals surface area contributed by atoms with Crippen LogP contribution in [0.15, 0.2) is 72.8 Å². The number of nitrogens with one attached hydrogen (secondary N) is 1. The normalized spacial score (nSPS) is 15.5. The monoisotopic (exact) mass is 520 g/mol. The van der Waals surface area contributed by atoms with E-state index in [4.69, 9.17) is 14.2 Å². The Morgan fingerprint density at radius 3 is 2.37 bits per heavy atom. The van der Waals surface area contributed by atoms with E-state index in [-0.39, 0.29) is 36.7 Å². The molecule has 2 atom stereocenters. The van der Waals surface area contributed by atoms with Crippen LogP contribution in [-0.2, 0) is 27.3 Å². The van der Waals surface area contributed by atoms with Crippen LogP contribution < -0.4 is 14.8 Å². The van der Waals surface area contributed by atoms with Crippen molar-refractivity contribution in [3.63, 3.8) is 0 Å². The SMILES string of the molecule is COc1ccc(CC(=O)N(Cc2ccc(F)cc2)[C@@H](C(=O)NC[C@@H]2CCCO2)c2ccccc2)cc1OC. The highest BCUT2D eigenvalue weighted by atomic mass is 19.1. The molecule has 0 bridgehead atoms. The number of carbonyl (C=O) groups excluding carboxylic acids is 2. The zero-order valence-electron chi connectivity index (χ0n) is 21.7. The predicted molar refractivity (Wildman–Crippen MR) is 141 cm³/mol. The minimum atomic E-state index is -0.893. The van der Waals surface area contributed by atoms with Gasteiger partial charge in [-0.2, -0.15) is 0 Å². The lowest BCUT2D eigenvalue weighted by Crippen LogP contribution is -2.45. The van der Waals surface area contributed by atoms with Crippen molar-refractivity contribution in [3.05, 3.63) is 95.3 Å². The first-order valence-electron chi connectivity index (χ1n) is 12.7. The summed E-state index contributed by atoms with van der Waals surface area (Å²) in [5, 5.41) is 3.00. The first-order chi connectivity index (χ1) is 18.5. The zero-order chi connectivity index (χ0) is 26.9. The molecule has 0 radical (unpaired) electrons. The lowest BCUT2D eigenvalue weighted by Gasteiger charge is -2.32. The highest BCUT2D eigenvalue weighted by molar-refractivity contribution is 5.89. The van der Waals surface area contributed by atoms with E-state index in [1.807, 2.05) is 30.3 Å². The standard InChI is InChI=1S/C30H33FN2O5/c1-36-26-15-12-22(17-27(26)37-2)18-28(34)33(20-21-10-13-24(31)14-11-21)29(23-7-4-3-5-8-23)30(35)32-19-25-9-6-16-38-25/h3-5,7-8,10-15,17,25,29H,6,9,16,18-20H2,1-2H3,(H,32,35)/t25-,29+/m0/s1. The Hall–Kier alpha value is -3.91. The van der Waals surface area contributed by atoms with E-state index in [2.05, 4.69) is 5.32 Å². The molecule has 0 spiro atoms. The molecule has 1 aliphatic rings. The highest BCUT2D eigenvalue weighted by Crippen LogP contribution is 2.29. The fourth-order valence-electron chi connectivity index (χ4n) is 4.60. The molecular weight excluding hydrogens is 487 g/mol. The molecule has 1 heterocycles. The summed E-state index contributed by atoms with van der Waals surface area (Å²) in [6.45, 7) is 1.18. The second-order valence-corrected chi connectivity index (χ2v) is 9.21. The molecule has 7 nitrogen and oxygen atoms in total. The van der Waals surface area contributed by atoms with Gasteiger partial charge in [0.25, 0.3) is 0 Å². The van der Waals surface area contributed by atoms with Gasteiger partial charge in [-0.1, -0.05) is 48.5 Å². The third-order valence-corrected chi connectivity index (χ3v) is 6.59. The number of hydrogen-bond donors (Lipinski definition) is 1. The van der Waals surface area contributed by atoms with E-state index in [1.54, 1.807) is 42.3 Å². The minimum Gasteiger partial charge on any atom is -0.493 e. The van der Waals surface area contributed by atoms with E-state index >= 15 is 0 Å². The molecule has 1 fully saturated rings. The van der Waals surface area contributed by atoms with Crippen molar-refractivity contribution in [1.29, 1.82) is 0 Å². The number of methoxy groups -OCH3 is 2. The van der Waals surface area contributed by atoms with E-state index in [0.717, 1.165) is 12.8 Å². The maximum absolute atomic E-state index is 13.9. The van der Waals surface area contributed by atoms with Crippen LogP contribution in [-0.4, -0.2) is 50.2 Å². The Labute approximate surface area is 222 Å². The molecule has 0 aromatic heterocycles. The molecule has 0 saturated carbocycles. The van der Waals surface area contributed by atoms with E-state index in [9.17, 15) is 14.0 Å². The van der Waals surface area contributed by atoms with Crippen LogP contribution in [0, 0.1) is 5.82 Å². The van der Waals surface area contributed by atoms with Gasteiger partial charge >= 0.3 is 0 Å². The van der Waals surface area contributed by atoms with Crippen LogP contribution >= 0.6 is 0 Å². The molecule has 4 rings (SSSR count). The molecule has 3 aromatic rings. The van der Waals surface area contributed by atoms with Crippen LogP contribution in [0.5, 0.6) is 11.5 Å². The molecule has 38 heavy (non-hydrogen) atoms. The van der Waals surface area contributed by atoms with Gasteiger partial charge in [0.2, 0.25) is 11.8 Å². The number of rotatable bonds is 11. The fourth-order valence-corrected chi connectivity index (χ4v) is 4.60. The summed E-state index contributed by atoms with van der Waals surface area (Å²) >= 11 is 0. The molecule has 0 unspecified atom stereocenters. The summed E-state index contributed by atoms with van der Waals surface area (Å²) in [5.41, 5.74) is 2.10. The van der Waals surface area contributed by atoms with E-state index in [1.165, 1.54) is 19.2 Å². The third kappa shape index (κ3) is 6.89. The molecule has 0 aliphatic carbocycles. The first kappa shape index (κ1) is 27.1. The van der Waals surface area contributed by atoms with E-state index in [0.29, 0.717) is 41.3 Å². The topological polar surface area (TPSA) is 77.1 Å². The number of ether oxygens (including phenoxy) is 3. The Morgan fingerprint density at radius 1 is 1.00 bits per heavy atom. The third-order valence-electron chi connectivity index (χ3n) is 6.59. The van der Waals surface area contributed by atoms with Gasteiger partial charge in [-0.15, -0.1) is 0 Å². The summed E-state index contributed by atoms with van der Waals surface area (Å²) in [4.78, 5) is 29.1. The Morgan fingerprint density at radius 2 is 1.71 bits per heavy atom. The number of nitrogens with zero attached hydrogens (tertiary/aromatic N) is 1. The van der Waals surface area contributed by atoms with Gasteiger partial charge in [0.05, 0.1) is 26.7 Å². The number of halogens is 1. The molecule has 3 aromatic carbocycles. The Balaban J connectivity index is 1.66. The number of hydrogen-bond acceptors (Lipinski definition) is 5. The van der Waals surface area contributed by atoms with Gasteiger partial charge in [-0.25, -0.2) is 4.39 Å². The van der Waals surface area contributed by atoms with Gasteiger partial charge in [-0.3, -0.25) is 9.59 Å². The van der Waals surface area contributed by atoms with Crippen LogP contribution in [0.3, 0.4) is 0 Å². The summed E-state index contributed by atoms with van der Waals surface area (Å²) < 4.78 is 30.0. The highest BCUT2D eigenvalue weighted by Gasteiger charge is 2.32. The molecule has 1 aliphatic heterocycles. The molecule has 1 saturated heterocycles. The van der Waals surface area contributed by atoms with Crippen molar-refractivity contribution in [1.82, 2.24) is 10.2 Å². The maximum atomic E-state index is 13.9. The second-order valence-electron chi connectivity index (χ2n) is 9.21. The largest absolute Gasteiger partial charge is 0.493 e. The summed E-state index contributed by atoms with van der Waals surface area (Å²) in [7, 11) is 3.08. The maximum Gasteiger partial charge on any atom is 0.247 e.